The number of quaternary nitrogens is 1. The van der Waals surface area contributed by atoms with E-state index >= 15 is 0 Å². The second-order valence-electron chi connectivity index (χ2n) is 9.62. The van der Waals surface area contributed by atoms with Crippen molar-refractivity contribution in [3.8, 4) is 0 Å². The van der Waals surface area contributed by atoms with Gasteiger partial charge in [0.05, 0.1) is 13.6 Å². The van der Waals surface area contributed by atoms with Crippen LogP contribution in [0, 0.1) is 5.92 Å². The van der Waals surface area contributed by atoms with Gasteiger partial charge >= 0.3 is 5.97 Å². The molecule has 0 radical (unpaired) electrons. The lowest BCUT2D eigenvalue weighted by atomic mass is 9.80. The van der Waals surface area contributed by atoms with Gasteiger partial charge in [0.15, 0.2) is 24.1 Å². The number of nitrogens with zero attached hydrogens (tertiary/aromatic N) is 3. The first-order chi connectivity index (χ1) is 15.9. The van der Waals surface area contributed by atoms with E-state index in [0.717, 1.165) is 45.1 Å². The Morgan fingerprint density at radius 2 is 1.88 bits per heavy atom. The van der Waals surface area contributed by atoms with E-state index in [4.69, 9.17) is 4.74 Å². The lowest BCUT2D eigenvalue weighted by molar-refractivity contribution is -0.909. The standard InChI is InChI=1S/C25H32N4O4/c1-29(18-23(30)27-22-14-7-15-26-28-22)16-8-13-21(17-29)33-24(31)25(32,20-11-5-6-12-20)19-9-3-2-4-10-19/h2-4,7,9-10,14-15,20-21,32H,5-6,8,11-13,16-18H2,1H3/p+1/t21?,25-,29?/m0/s1. The van der Waals surface area contributed by atoms with Crippen LogP contribution >= 0.6 is 0 Å². The maximum Gasteiger partial charge on any atom is 0.343 e. The van der Waals surface area contributed by atoms with Crippen molar-refractivity contribution < 1.29 is 23.9 Å². The molecule has 1 saturated heterocycles. The number of likely N-dealkylation sites (tertiary alicyclic amines) is 1. The van der Waals surface area contributed by atoms with Crippen LogP contribution in [-0.2, 0) is 19.9 Å². The Morgan fingerprint density at radius 1 is 1.12 bits per heavy atom. The molecule has 8 nitrogen and oxygen atoms in total. The van der Waals surface area contributed by atoms with E-state index in [2.05, 4.69) is 15.5 Å². The molecule has 2 fully saturated rings. The minimum atomic E-state index is -1.64. The van der Waals surface area contributed by atoms with Gasteiger partial charge in [-0.1, -0.05) is 43.2 Å². The second kappa shape index (κ2) is 9.97. The van der Waals surface area contributed by atoms with E-state index < -0.39 is 11.6 Å². The van der Waals surface area contributed by atoms with Crippen molar-refractivity contribution in [2.75, 3.05) is 32.0 Å². The highest BCUT2D eigenvalue weighted by Gasteiger charge is 2.49. The van der Waals surface area contributed by atoms with Gasteiger partial charge in [0.25, 0.3) is 5.91 Å². The maximum absolute atomic E-state index is 13.4. The van der Waals surface area contributed by atoms with Gasteiger partial charge < -0.3 is 19.6 Å². The summed E-state index contributed by atoms with van der Waals surface area (Å²) in [6.07, 6.45) is 6.38. The average Bonchev–Trinajstić information content (AvgIpc) is 3.35. The molecule has 2 heterocycles. The Kier molecular flexibility index (Phi) is 7.05. The highest BCUT2D eigenvalue weighted by Crippen LogP contribution is 2.42. The number of aromatic nitrogens is 2. The van der Waals surface area contributed by atoms with E-state index in [1.165, 1.54) is 0 Å². The zero-order valence-electron chi connectivity index (χ0n) is 19.2. The molecule has 2 N–H and O–H groups in total. The number of piperidine rings is 1. The lowest BCUT2D eigenvalue weighted by Crippen LogP contribution is -2.57. The number of hydrogen-bond donors (Lipinski definition) is 2. The lowest BCUT2D eigenvalue weighted by Gasteiger charge is -2.41. The molecule has 0 spiro atoms. The number of likely N-dealkylation sites (N-methyl/N-ethyl adjacent to an activating group) is 1. The molecule has 2 unspecified atom stereocenters. The van der Waals surface area contributed by atoms with Crippen LogP contribution in [0.5, 0.6) is 0 Å². The third-order valence-corrected chi connectivity index (χ3v) is 6.98. The number of nitrogens with one attached hydrogen (secondary N) is 1. The Morgan fingerprint density at radius 3 is 2.58 bits per heavy atom. The minimum absolute atomic E-state index is 0.144. The summed E-state index contributed by atoms with van der Waals surface area (Å²) < 4.78 is 6.42. The van der Waals surface area contributed by atoms with E-state index in [0.29, 0.717) is 22.4 Å². The number of anilines is 1. The number of amides is 1. The molecule has 1 amide bonds. The summed E-state index contributed by atoms with van der Waals surface area (Å²) in [7, 11) is 2.00. The molecule has 1 aliphatic heterocycles. The van der Waals surface area contributed by atoms with E-state index in [9.17, 15) is 14.7 Å². The number of carbonyl (C=O) groups excluding carboxylic acids is 2. The first-order valence-corrected chi connectivity index (χ1v) is 11.8. The fourth-order valence-corrected chi connectivity index (χ4v) is 5.31. The molecular weight excluding hydrogens is 420 g/mol. The molecule has 8 heteroatoms. The predicted molar refractivity (Wildman–Crippen MR) is 123 cm³/mol. The van der Waals surface area contributed by atoms with Crippen LogP contribution < -0.4 is 5.32 Å². The predicted octanol–water partition coefficient (Wildman–Crippen LogP) is 2.65. The van der Waals surface area contributed by atoms with Crippen molar-refractivity contribution in [3.05, 3.63) is 54.2 Å². The summed E-state index contributed by atoms with van der Waals surface area (Å²) in [5.74, 6) is -0.451. The van der Waals surface area contributed by atoms with E-state index in [-0.39, 0.29) is 24.5 Å². The van der Waals surface area contributed by atoms with Crippen LogP contribution in [0.25, 0.3) is 0 Å². The highest BCUT2D eigenvalue weighted by molar-refractivity contribution is 5.90. The molecule has 0 bridgehead atoms. The van der Waals surface area contributed by atoms with Crippen molar-refractivity contribution in [2.45, 2.75) is 50.2 Å². The molecule has 3 atom stereocenters. The van der Waals surface area contributed by atoms with Crippen LogP contribution in [-0.4, -0.2) is 64.4 Å². The van der Waals surface area contributed by atoms with Crippen molar-refractivity contribution in [2.24, 2.45) is 5.92 Å². The molecule has 176 valence electrons. The fraction of sp³-hybridized carbons (Fsp3) is 0.520. The largest absolute Gasteiger partial charge is 0.454 e. The van der Waals surface area contributed by atoms with Gasteiger partial charge in [0, 0.05) is 18.5 Å². The maximum atomic E-state index is 13.4. The van der Waals surface area contributed by atoms with Gasteiger partial charge in [-0.3, -0.25) is 4.79 Å². The van der Waals surface area contributed by atoms with Gasteiger partial charge in [0.2, 0.25) is 0 Å². The molecule has 33 heavy (non-hydrogen) atoms. The number of rotatable bonds is 7. The third kappa shape index (κ3) is 5.39. The Balaban J connectivity index is 1.43. The number of benzene rings is 1. The zero-order chi connectivity index (χ0) is 23.3. The van der Waals surface area contributed by atoms with Gasteiger partial charge in [-0.05, 0) is 37.0 Å². The molecular formula is C25H33N4O4+. The average molecular weight is 454 g/mol. The molecule has 1 saturated carbocycles. The molecule has 1 aromatic heterocycles. The first-order valence-electron chi connectivity index (χ1n) is 11.8. The number of carbonyl (C=O) groups is 2. The van der Waals surface area contributed by atoms with Crippen molar-refractivity contribution in [3.63, 3.8) is 0 Å². The molecule has 2 aliphatic rings. The quantitative estimate of drug-likeness (QED) is 0.494. The Hall–Kier alpha value is -2.84. The van der Waals surface area contributed by atoms with Crippen LogP contribution in [0.15, 0.2) is 48.7 Å². The topological polar surface area (TPSA) is 101 Å². The fourth-order valence-electron chi connectivity index (χ4n) is 5.31. The summed E-state index contributed by atoms with van der Waals surface area (Å²) >= 11 is 0. The first kappa shape index (κ1) is 23.3. The molecule has 1 aliphatic carbocycles. The second-order valence-corrected chi connectivity index (χ2v) is 9.62. The number of esters is 1. The van der Waals surface area contributed by atoms with Crippen LogP contribution in [0.1, 0.15) is 44.1 Å². The molecule has 4 rings (SSSR count). The Labute approximate surface area is 194 Å². The van der Waals surface area contributed by atoms with Gasteiger partial charge in [-0.2, -0.15) is 5.10 Å². The summed E-state index contributed by atoms with van der Waals surface area (Å²) in [5, 5.41) is 22.1. The van der Waals surface area contributed by atoms with Crippen LogP contribution in [0.3, 0.4) is 0 Å². The highest BCUT2D eigenvalue weighted by atomic mass is 16.6. The van der Waals surface area contributed by atoms with E-state index in [1.54, 1.807) is 30.5 Å². The smallest absolute Gasteiger partial charge is 0.343 e. The third-order valence-electron chi connectivity index (χ3n) is 6.98. The van der Waals surface area contributed by atoms with Gasteiger partial charge in [0.1, 0.15) is 6.54 Å². The Bertz CT molecular complexity index is 951. The summed E-state index contributed by atoms with van der Waals surface area (Å²) in [4.78, 5) is 26.0. The number of aliphatic hydroxyl groups is 1. The summed E-state index contributed by atoms with van der Waals surface area (Å²) in [5.41, 5.74) is -1.04. The van der Waals surface area contributed by atoms with Crippen LogP contribution in [0.4, 0.5) is 5.82 Å². The zero-order valence-corrected chi connectivity index (χ0v) is 19.2. The van der Waals surface area contributed by atoms with Crippen molar-refractivity contribution in [1.29, 1.82) is 0 Å². The summed E-state index contributed by atoms with van der Waals surface area (Å²) in [6.45, 7) is 1.58. The van der Waals surface area contributed by atoms with Gasteiger partial charge in [-0.15, -0.1) is 5.10 Å². The monoisotopic (exact) mass is 453 g/mol. The van der Waals surface area contributed by atoms with Gasteiger partial charge in [-0.25, -0.2) is 4.79 Å². The number of ether oxygens (including phenoxy) is 1. The summed E-state index contributed by atoms with van der Waals surface area (Å²) in [6, 6.07) is 12.6. The van der Waals surface area contributed by atoms with Crippen molar-refractivity contribution in [1.82, 2.24) is 10.2 Å². The SMILES string of the molecule is C[N+]1(CC(=O)Nc2cccnn2)CCCC(OC(=O)[C@](O)(c2ccccc2)C2CCCC2)C1. The van der Waals surface area contributed by atoms with Crippen LogP contribution in [0.2, 0.25) is 0 Å². The minimum Gasteiger partial charge on any atom is -0.454 e. The van der Waals surface area contributed by atoms with Crippen molar-refractivity contribution >= 4 is 17.7 Å². The normalized spacial score (nSPS) is 25.2. The molecule has 1 aromatic carbocycles. The number of hydrogen-bond acceptors (Lipinski definition) is 6. The van der Waals surface area contributed by atoms with E-state index in [1.807, 2.05) is 25.2 Å². The molecule has 2 aromatic rings.